The summed E-state index contributed by atoms with van der Waals surface area (Å²) in [7, 11) is 1.65. The molecule has 7 nitrogen and oxygen atoms in total. The molecule has 2 unspecified atom stereocenters. The van der Waals surface area contributed by atoms with Gasteiger partial charge in [-0.3, -0.25) is 0 Å². The quantitative estimate of drug-likeness (QED) is 0.149. The molecule has 38 heavy (non-hydrogen) atoms. The molecule has 1 aromatic rings. The summed E-state index contributed by atoms with van der Waals surface area (Å²) in [5.74, 6) is 2.22. The molecule has 2 atom stereocenters. The van der Waals surface area contributed by atoms with E-state index in [2.05, 4.69) is 84.6 Å². The van der Waals surface area contributed by atoms with E-state index in [1.807, 2.05) is 19.9 Å². The van der Waals surface area contributed by atoms with Gasteiger partial charge in [0.2, 0.25) is 0 Å². The average molecular weight is 518 g/mol. The lowest BCUT2D eigenvalue weighted by Crippen LogP contribution is -2.24. The normalized spacial score (nSPS) is 18.7. The van der Waals surface area contributed by atoms with Gasteiger partial charge in [0.25, 0.3) is 0 Å². The van der Waals surface area contributed by atoms with Crippen LogP contribution in [0.15, 0.2) is 88.2 Å². The van der Waals surface area contributed by atoms with E-state index < -0.39 is 0 Å². The highest BCUT2D eigenvalue weighted by Crippen LogP contribution is 2.30. The molecule has 0 saturated carbocycles. The van der Waals surface area contributed by atoms with Gasteiger partial charge in [0.05, 0.1) is 18.0 Å². The van der Waals surface area contributed by atoms with E-state index in [-0.39, 0.29) is 25.0 Å². The molecule has 2 aliphatic carbocycles. The lowest BCUT2D eigenvalue weighted by Gasteiger charge is -2.27. The van der Waals surface area contributed by atoms with E-state index in [1.54, 1.807) is 7.11 Å². The molecular formula is C31H39N3O4. The van der Waals surface area contributed by atoms with Gasteiger partial charge in [0, 0.05) is 24.9 Å². The second-order valence-corrected chi connectivity index (χ2v) is 9.59. The fourth-order valence-electron chi connectivity index (χ4n) is 4.03. The van der Waals surface area contributed by atoms with Crippen molar-refractivity contribution < 1.29 is 18.9 Å². The first-order chi connectivity index (χ1) is 18.4. The van der Waals surface area contributed by atoms with Crippen LogP contribution in [0.3, 0.4) is 0 Å². The Hall–Kier alpha value is -3.67. The average Bonchev–Trinajstić information content (AvgIpc) is 2.92. The van der Waals surface area contributed by atoms with Crippen molar-refractivity contribution in [1.29, 1.82) is 0 Å². The molecule has 0 radical (unpaired) electrons. The van der Waals surface area contributed by atoms with Crippen molar-refractivity contribution in [2.24, 2.45) is 5.11 Å². The van der Waals surface area contributed by atoms with Crippen molar-refractivity contribution >= 4 is 12.2 Å². The van der Waals surface area contributed by atoms with Crippen LogP contribution in [0.25, 0.3) is 22.6 Å². The Labute approximate surface area is 226 Å². The molecule has 0 aromatic heterocycles. The zero-order valence-electron chi connectivity index (χ0n) is 23.1. The minimum Gasteiger partial charge on any atom is -0.495 e. The second kappa shape index (κ2) is 14.9. The van der Waals surface area contributed by atoms with E-state index in [9.17, 15) is 0 Å². The fraction of sp³-hybridized carbons (Fsp3) is 0.419. The smallest absolute Gasteiger partial charge is 0.167 e. The van der Waals surface area contributed by atoms with Crippen LogP contribution in [0, 0.1) is 0 Å². The predicted octanol–water partition coefficient (Wildman–Crippen LogP) is 8.40. The van der Waals surface area contributed by atoms with Crippen molar-refractivity contribution in [3.05, 3.63) is 105 Å². The van der Waals surface area contributed by atoms with Crippen LogP contribution in [0.1, 0.15) is 64.5 Å². The summed E-state index contributed by atoms with van der Waals surface area (Å²) in [6.45, 7) is 8.03. The summed E-state index contributed by atoms with van der Waals surface area (Å²) in [5, 5.41) is 3.48. The molecule has 3 rings (SSSR count). The van der Waals surface area contributed by atoms with Gasteiger partial charge in [0.1, 0.15) is 6.10 Å². The fourth-order valence-corrected chi connectivity index (χ4v) is 4.03. The first-order valence-corrected chi connectivity index (χ1v) is 13.2. The van der Waals surface area contributed by atoms with E-state index in [1.165, 1.54) is 5.57 Å². The van der Waals surface area contributed by atoms with Gasteiger partial charge in [-0.05, 0) is 73.6 Å². The van der Waals surface area contributed by atoms with Gasteiger partial charge in [-0.2, -0.15) is 0 Å². The van der Waals surface area contributed by atoms with Crippen molar-refractivity contribution in [3.63, 3.8) is 0 Å². The van der Waals surface area contributed by atoms with Gasteiger partial charge in [-0.1, -0.05) is 66.7 Å². The predicted molar refractivity (Wildman–Crippen MR) is 153 cm³/mol. The topological polar surface area (TPSA) is 85.7 Å². The number of hydrogen-bond acceptors (Lipinski definition) is 5. The maximum absolute atomic E-state index is 8.60. The summed E-state index contributed by atoms with van der Waals surface area (Å²) >= 11 is 0. The Bertz CT molecular complexity index is 1170. The number of methoxy groups -OCH3 is 1. The Morgan fingerprint density at radius 1 is 0.974 bits per heavy atom. The molecule has 0 fully saturated rings. The molecule has 202 valence electrons. The third-order valence-corrected chi connectivity index (χ3v) is 6.25. The number of nitrogens with zero attached hydrogens (tertiary/aromatic N) is 3. The molecule has 0 aliphatic heterocycles. The SMILES string of the molecule is CCC(C)OC1=CC=C(/C=C/c2ccc(/C=C/C3=CC(OCN=[N+]=[N-])=C(OC(C)C)C(OC)C3)cc2)CC1. The summed E-state index contributed by atoms with van der Waals surface area (Å²) < 4.78 is 23.3. The Morgan fingerprint density at radius 2 is 1.66 bits per heavy atom. The van der Waals surface area contributed by atoms with Gasteiger partial charge in [-0.25, -0.2) is 0 Å². The number of rotatable bonds is 13. The minimum absolute atomic E-state index is 0.0363. The number of allylic oxidation sites excluding steroid dienone is 7. The lowest BCUT2D eigenvalue weighted by atomic mass is 9.98. The maximum atomic E-state index is 8.60. The van der Waals surface area contributed by atoms with Crippen molar-refractivity contribution in [2.45, 2.75) is 71.7 Å². The Balaban J connectivity index is 1.67. The van der Waals surface area contributed by atoms with Gasteiger partial charge in [0.15, 0.2) is 18.2 Å². The zero-order valence-corrected chi connectivity index (χ0v) is 23.1. The highest BCUT2D eigenvalue weighted by atomic mass is 16.6. The highest BCUT2D eigenvalue weighted by Gasteiger charge is 2.26. The summed E-state index contributed by atoms with van der Waals surface area (Å²) in [6, 6.07) is 8.43. The van der Waals surface area contributed by atoms with Gasteiger partial charge in [-0.15, -0.1) is 0 Å². The largest absolute Gasteiger partial charge is 0.495 e. The molecule has 0 heterocycles. The van der Waals surface area contributed by atoms with Crippen molar-refractivity contribution in [1.82, 2.24) is 0 Å². The second-order valence-electron chi connectivity index (χ2n) is 9.59. The van der Waals surface area contributed by atoms with Crippen molar-refractivity contribution in [2.75, 3.05) is 13.8 Å². The number of benzene rings is 1. The molecule has 7 heteroatoms. The van der Waals surface area contributed by atoms with Crippen LogP contribution < -0.4 is 0 Å². The molecule has 2 aliphatic rings. The first-order valence-electron chi connectivity index (χ1n) is 13.2. The third-order valence-electron chi connectivity index (χ3n) is 6.25. The van der Waals surface area contributed by atoms with Crippen LogP contribution >= 0.6 is 0 Å². The molecule has 0 saturated heterocycles. The summed E-state index contributed by atoms with van der Waals surface area (Å²) in [6.07, 6.45) is 18.2. The molecule has 1 aromatic carbocycles. The van der Waals surface area contributed by atoms with Crippen LogP contribution in [-0.2, 0) is 18.9 Å². The molecule has 0 bridgehead atoms. The molecule has 0 spiro atoms. The molecular weight excluding hydrogens is 478 g/mol. The third kappa shape index (κ3) is 9.02. The van der Waals surface area contributed by atoms with E-state index >= 15 is 0 Å². The number of ether oxygens (including phenoxy) is 4. The van der Waals surface area contributed by atoms with E-state index in [0.717, 1.165) is 41.7 Å². The van der Waals surface area contributed by atoms with Crippen LogP contribution in [0.5, 0.6) is 0 Å². The van der Waals surface area contributed by atoms with Crippen molar-refractivity contribution in [3.8, 4) is 0 Å². The van der Waals surface area contributed by atoms with Gasteiger partial charge < -0.3 is 18.9 Å². The number of hydrogen-bond donors (Lipinski definition) is 0. The van der Waals surface area contributed by atoms with Crippen LogP contribution in [0.2, 0.25) is 0 Å². The monoisotopic (exact) mass is 517 g/mol. The standard InChI is InChI=1S/C31H39N3O4/c1-6-23(4)38-28-17-15-26(16-18-28)12-11-24-7-9-25(10-8-24)13-14-27-19-29(35-5)31(37-22(2)3)30(20-27)36-21-33-34-32/h7-15,17,20,22-23,29H,6,16,18-19,21H2,1-5H3/b12-11+,14-13+. The Morgan fingerprint density at radius 3 is 2.21 bits per heavy atom. The van der Waals surface area contributed by atoms with E-state index in [4.69, 9.17) is 24.5 Å². The lowest BCUT2D eigenvalue weighted by molar-refractivity contribution is 0.0265. The first kappa shape index (κ1) is 28.9. The minimum atomic E-state index is -0.280. The molecule has 0 N–H and O–H groups in total. The highest BCUT2D eigenvalue weighted by molar-refractivity contribution is 5.59. The molecule has 0 amide bonds. The Kier molecular flexibility index (Phi) is 11.3. The number of azide groups is 1. The van der Waals surface area contributed by atoms with Crippen LogP contribution in [0.4, 0.5) is 0 Å². The zero-order chi connectivity index (χ0) is 27.3. The van der Waals surface area contributed by atoms with Crippen LogP contribution in [-0.4, -0.2) is 32.2 Å². The maximum Gasteiger partial charge on any atom is 0.167 e. The summed E-state index contributed by atoms with van der Waals surface area (Å²) in [4.78, 5) is 2.76. The summed E-state index contributed by atoms with van der Waals surface area (Å²) in [5.41, 5.74) is 13.2. The van der Waals surface area contributed by atoms with Gasteiger partial charge >= 0.3 is 0 Å². The van der Waals surface area contributed by atoms with E-state index in [0.29, 0.717) is 17.9 Å².